The lowest BCUT2D eigenvalue weighted by molar-refractivity contribution is 0.660. The van der Waals surface area contributed by atoms with E-state index in [1.165, 1.54) is 89.0 Å². The first-order chi connectivity index (χ1) is 31.5. The Morgan fingerprint density at radius 2 is 0.703 bits per heavy atom. The van der Waals surface area contributed by atoms with Gasteiger partial charge in [0.05, 0.1) is 5.69 Å². The standard InChI is InChI=1S/C63H47N/c1-63(2)59-30-15-14-27-56(59)57-41-38-51(43-60(57)63)50-24-16-25-53(42-50)64(52-39-36-47(37-40-52)46-34-32-45(33-35-46)44-18-6-3-7-19-44)61-31-17-29-55(49-22-10-5-11-23-49)62(61)58-28-13-12-26-54(58)48-20-8-4-9-21-48/h3-43H,1-2H3. The third kappa shape index (κ3) is 7.02. The molecule has 0 amide bonds. The van der Waals surface area contributed by atoms with Crippen LogP contribution < -0.4 is 4.90 Å². The van der Waals surface area contributed by atoms with Crippen LogP contribution in [0, 0.1) is 0 Å². The molecule has 304 valence electrons. The van der Waals surface area contributed by atoms with E-state index in [4.69, 9.17) is 0 Å². The van der Waals surface area contributed by atoms with E-state index in [1.807, 2.05) is 0 Å². The van der Waals surface area contributed by atoms with Crippen molar-refractivity contribution in [1.82, 2.24) is 0 Å². The van der Waals surface area contributed by atoms with E-state index in [-0.39, 0.29) is 5.41 Å². The minimum atomic E-state index is -0.0892. The minimum absolute atomic E-state index is 0.0892. The van der Waals surface area contributed by atoms with Crippen molar-refractivity contribution >= 4 is 17.1 Å². The molecule has 0 N–H and O–H groups in total. The maximum absolute atomic E-state index is 2.46. The van der Waals surface area contributed by atoms with Crippen molar-refractivity contribution < 1.29 is 0 Å². The zero-order chi connectivity index (χ0) is 43.0. The fourth-order valence-corrected chi connectivity index (χ4v) is 9.86. The van der Waals surface area contributed by atoms with E-state index in [2.05, 4.69) is 267 Å². The van der Waals surface area contributed by atoms with Gasteiger partial charge >= 0.3 is 0 Å². The van der Waals surface area contributed by atoms with Gasteiger partial charge in [0.1, 0.15) is 0 Å². The van der Waals surface area contributed by atoms with Gasteiger partial charge in [-0.2, -0.15) is 0 Å². The van der Waals surface area contributed by atoms with Crippen LogP contribution in [-0.4, -0.2) is 0 Å². The van der Waals surface area contributed by atoms with Gasteiger partial charge in [0.25, 0.3) is 0 Å². The van der Waals surface area contributed by atoms with Gasteiger partial charge in [-0.05, 0) is 120 Å². The molecule has 0 spiro atoms. The molecule has 64 heavy (non-hydrogen) atoms. The van der Waals surface area contributed by atoms with Crippen molar-refractivity contribution in [2.24, 2.45) is 0 Å². The number of hydrogen-bond acceptors (Lipinski definition) is 1. The molecule has 0 fully saturated rings. The average molecular weight is 818 g/mol. The Kier molecular flexibility index (Phi) is 9.94. The zero-order valence-electron chi connectivity index (χ0n) is 36.1. The van der Waals surface area contributed by atoms with E-state index in [9.17, 15) is 0 Å². The van der Waals surface area contributed by atoms with Crippen LogP contribution in [0.15, 0.2) is 249 Å². The van der Waals surface area contributed by atoms with Crippen LogP contribution in [0.4, 0.5) is 17.1 Å². The fourth-order valence-electron chi connectivity index (χ4n) is 9.86. The Balaban J connectivity index is 1.09. The van der Waals surface area contributed by atoms with Crippen molar-refractivity contribution in [2.45, 2.75) is 19.3 Å². The molecule has 0 saturated heterocycles. The second kappa shape index (κ2) is 16.4. The van der Waals surface area contributed by atoms with Gasteiger partial charge in [0.2, 0.25) is 0 Å². The summed E-state index contributed by atoms with van der Waals surface area (Å²) in [5.74, 6) is 0. The smallest absolute Gasteiger partial charge is 0.0546 e. The largest absolute Gasteiger partial charge is 0.310 e. The monoisotopic (exact) mass is 817 g/mol. The van der Waals surface area contributed by atoms with Gasteiger partial charge in [-0.15, -0.1) is 0 Å². The Labute approximate surface area is 377 Å². The lowest BCUT2D eigenvalue weighted by Gasteiger charge is -2.30. The van der Waals surface area contributed by atoms with E-state index < -0.39 is 0 Å². The topological polar surface area (TPSA) is 3.24 Å². The molecule has 10 aromatic carbocycles. The molecule has 11 rings (SSSR count). The molecule has 10 aromatic rings. The van der Waals surface area contributed by atoms with Gasteiger partial charge in [0.15, 0.2) is 0 Å². The van der Waals surface area contributed by atoms with Crippen molar-refractivity contribution in [3.8, 4) is 77.9 Å². The molecule has 0 aromatic heterocycles. The summed E-state index contributed by atoms with van der Waals surface area (Å²) >= 11 is 0. The van der Waals surface area contributed by atoms with Crippen LogP contribution >= 0.6 is 0 Å². The van der Waals surface area contributed by atoms with Gasteiger partial charge in [-0.3, -0.25) is 0 Å². The van der Waals surface area contributed by atoms with Gasteiger partial charge in [-0.25, -0.2) is 0 Å². The van der Waals surface area contributed by atoms with Gasteiger partial charge in [0, 0.05) is 22.4 Å². The summed E-state index contributed by atoms with van der Waals surface area (Å²) in [6.45, 7) is 4.71. The number of nitrogens with zero attached hydrogens (tertiary/aromatic N) is 1. The molecule has 1 heteroatoms. The van der Waals surface area contributed by atoms with Gasteiger partial charge < -0.3 is 4.90 Å². The van der Waals surface area contributed by atoms with E-state index >= 15 is 0 Å². The molecule has 1 aliphatic carbocycles. The van der Waals surface area contributed by atoms with Crippen LogP contribution in [0.3, 0.4) is 0 Å². The molecular weight excluding hydrogens is 771 g/mol. The first-order valence-corrected chi connectivity index (χ1v) is 22.3. The highest BCUT2D eigenvalue weighted by Gasteiger charge is 2.35. The fraction of sp³-hybridized carbons (Fsp3) is 0.0476. The third-order valence-electron chi connectivity index (χ3n) is 13.1. The predicted molar refractivity (Wildman–Crippen MR) is 271 cm³/mol. The second-order valence-electron chi connectivity index (χ2n) is 17.3. The maximum Gasteiger partial charge on any atom is 0.0546 e. The van der Waals surface area contributed by atoms with Crippen LogP contribution in [-0.2, 0) is 5.41 Å². The second-order valence-corrected chi connectivity index (χ2v) is 17.3. The summed E-state index contributed by atoms with van der Waals surface area (Å²) in [5, 5.41) is 0. The van der Waals surface area contributed by atoms with Crippen LogP contribution in [0.5, 0.6) is 0 Å². The van der Waals surface area contributed by atoms with Crippen LogP contribution in [0.2, 0.25) is 0 Å². The SMILES string of the molecule is CC1(C)c2ccccc2-c2ccc(-c3cccc(N(c4ccc(-c5ccc(-c6ccccc6)cc5)cc4)c4cccc(-c5ccccc5)c4-c4ccccc4-c4ccccc4)c3)cc21. The molecule has 0 bridgehead atoms. The van der Waals surface area contributed by atoms with Crippen molar-refractivity contribution in [3.05, 3.63) is 260 Å². The number of hydrogen-bond donors (Lipinski definition) is 0. The lowest BCUT2D eigenvalue weighted by atomic mass is 9.81. The number of fused-ring (bicyclic) bond motifs is 3. The summed E-state index contributed by atoms with van der Waals surface area (Å²) in [4.78, 5) is 2.46. The number of anilines is 3. The Bertz CT molecular complexity index is 3260. The molecule has 1 nitrogen and oxygen atoms in total. The highest BCUT2D eigenvalue weighted by molar-refractivity contribution is 6.01. The summed E-state index contributed by atoms with van der Waals surface area (Å²) in [5.41, 5.74) is 22.9. The number of benzene rings is 10. The molecule has 0 radical (unpaired) electrons. The molecule has 0 saturated carbocycles. The van der Waals surface area contributed by atoms with Gasteiger partial charge in [-0.1, -0.05) is 226 Å². The molecule has 0 atom stereocenters. The maximum atomic E-state index is 2.46. The third-order valence-corrected chi connectivity index (χ3v) is 13.1. The van der Waals surface area contributed by atoms with Crippen molar-refractivity contribution in [2.75, 3.05) is 4.90 Å². The Morgan fingerprint density at radius 1 is 0.266 bits per heavy atom. The van der Waals surface area contributed by atoms with Crippen LogP contribution in [0.25, 0.3) is 77.9 Å². The molecule has 0 unspecified atom stereocenters. The van der Waals surface area contributed by atoms with E-state index in [0.29, 0.717) is 0 Å². The van der Waals surface area contributed by atoms with Crippen molar-refractivity contribution in [1.29, 1.82) is 0 Å². The Hall–Kier alpha value is -8.00. The summed E-state index contributed by atoms with van der Waals surface area (Å²) in [6, 6.07) is 90.9. The first kappa shape index (κ1) is 38.9. The quantitative estimate of drug-likeness (QED) is 0.140. The lowest BCUT2D eigenvalue weighted by Crippen LogP contribution is -2.15. The normalized spacial score (nSPS) is 12.3. The molecular formula is C63H47N. The highest BCUT2D eigenvalue weighted by atomic mass is 15.1. The molecule has 0 aliphatic heterocycles. The van der Waals surface area contributed by atoms with E-state index in [1.54, 1.807) is 0 Å². The summed E-state index contributed by atoms with van der Waals surface area (Å²) in [6.07, 6.45) is 0. The van der Waals surface area contributed by atoms with Crippen molar-refractivity contribution in [3.63, 3.8) is 0 Å². The summed E-state index contributed by atoms with van der Waals surface area (Å²) in [7, 11) is 0. The summed E-state index contributed by atoms with van der Waals surface area (Å²) < 4.78 is 0. The zero-order valence-corrected chi connectivity index (χ0v) is 36.1. The number of rotatable bonds is 9. The molecule has 0 heterocycles. The van der Waals surface area contributed by atoms with E-state index in [0.717, 1.165) is 17.1 Å². The molecule has 1 aliphatic rings. The van der Waals surface area contributed by atoms with Crippen LogP contribution in [0.1, 0.15) is 25.0 Å². The highest BCUT2D eigenvalue weighted by Crippen LogP contribution is 2.51. The Morgan fingerprint density at radius 3 is 1.36 bits per heavy atom. The predicted octanol–water partition coefficient (Wildman–Crippen LogP) is 17.5. The minimum Gasteiger partial charge on any atom is -0.310 e. The average Bonchev–Trinajstić information content (AvgIpc) is 3.60. The first-order valence-electron chi connectivity index (χ1n) is 22.3.